The van der Waals surface area contributed by atoms with E-state index in [2.05, 4.69) is 15.0 Å². The predicted octanol–water partition coefficient (Wildman–Crippen LogP) is 1.81. The molecular weight excluding hydrogens is 364 g/mol. The zero-order valence-corrected chi connectivity index (χ0v) is 16.9. The van der Waals surface area contributed by atoms with E-state index >= 15 is 0 Å². The lowest BCUT2D eigenvalue weighted by atomic mass is 10.2. The molecule has 0 spiro atoms. The average molecular weight is 391 g/mol. The third-order valence-electron chi connectivity index (χ3n) is 4.08. The highest BCUT2D eigenvalue weighted by molar-refractivity contribution is 7.89. The highest BCUT2D eigenvalue weighted by Gasteiger charge is 2.12. The quantitative estimate of drug-likeness (QED) is 0.557. The molecule has 2 aromatic carbocycles. The van der Waals surface area contributed by atoms with Gasteiger partial charge in [-0.2, -0.15) is 0 Å². The molecule has 27 heavy (non-hydrogen) atoms. The van der Waals surface area contributed by atoms with E-state index in [1.807, 2.05) is 42.3 Å². The van der Waals surface area contributed by atoms with Crippen LogP contribution in [0.25, 0.3) is 0 Å². The summed E-state index contributed by atoms with van der Waals surface area (Å²) in [4.78, 5) is 6.53. The number of ether oxygens (including phenoxy) is 1. The molecule has 0 aromatic heterocycles. The minimum Gasteiger partial charge on any atom is -0.497 e. The van der Waals surface area contributed by atoms with E-state index in [0.29, 0.717) is 19.0 Å². The van der Waals surface area contributed by atoms with Crippen molar-refractivity contribution in [1.82, 2.24) is 14.9 Å². The smallest absolute Gasteiger partial charge is 0.240 e. The Labute approximate surface area is 161 Å². The summed E-state index contributed by atoms with van der Waals surface area (Å²) in [6, 6.07) is 14.7. The molecule has 0 unspecified atom stereocenters. The lowest BCUT2D eigenvalue weighted by Crippen LogP contribution is -2.38. The van der Waals surface area contributed by atoms with Crippen molar-refractivity contribution >= 4 is 16.0 Å². The molecule has 2 aromatic rings. The maximum absolute atomic E-state index is 11.9. The number of benzene rings is 2. The van der Waals surface area contributed by atoms with Crippen LogP contribution in [0.15, 0.2) is 58.4 Å². The highest BCUT2D eigenvalue weighted by Crippen LogP contribution is 2.13. The fraction of sp³-hybridized carbons (Fsp3) is 0.316. The van der Waals surface area contributed by atoms with Crippen molar-refractivity contribution in [3.8, 4) is 5.75 Å². The molecule has 2 N–H and O–H groups in total. The molecule has 0 heterocycles. The Balaban J connectivity index is 2.01. The van der Waals surface area contributed by atoms with Crippen LogP contribution in [0.3, 0.4) is 0 Å². The predicted molar refractivity (Wildman–Crippen MR) is 107 cm³/mol. The van der Waals surface area contributed by atoms with E-state index in [-0.39, 0.29) is 4.90 Å². The van der Waals surface area contributed by atoms with E-state index in [1.54, 1.807) is 32.4 Å². The van der Waals surface area contributed by atoms with Crippen molar-refractivity contribution in [2.24, 2.45) is 4.99 Å². The van der Waals surface area contributed by atoms with E-state index in [4.69, 9.17) is 4.74 Å². The van der Waals surface area contributed by atoms with Crippen LogP contribution in [0.4, 0.5) is 0 Å². The fourth-order valence-corrected chi connectivity index (χ4v) is 3.39. The van der Waals surface area contributed by atoms with Gasteiger partial charge in [0.05, 0.1) is 12.0 Å². The van der Waals surface area contributed by atoms with Crippen LogP contribution in [0.5, 0.6) is 5.75 Å². The Morgan fingerprint density at radius 2 is 1.85 bits per heavy atom. The molecule has 0 fully saturated rings. The van der Waals surface area contributed by atoms with E-state index in [9.17, 15) is 8.42 Å². The maximum Gasteiger partial charge on any atom is 0.240 e. The largest absolute Gasteiger partial charge is 0.497 e. The second-order valence-corrected chi connectivity index (χ2v) is 7.85. The van der Waals surface area contributed by atoms with Crippen LogP contribution in [0.1, 0.15) is 11.1 Å². The molecule has 0 saturated carbocycles. The molecule has 0 aliphatic carbocycles. The normalized spacial score (nSPS) is 11.9. The first-order valence-corrected chi connectivity index (χ1v) is 9.95. The van der Waals surface area contributed by atoms with Crippen molar-refractivity contribution in [3.63, 3.8) is 0 Å². The monoisotopic (exact) mass is 390 g/mol. The van der Waals surface area contributed by atoms with Gasteiger partial charge >= 0.3 is 0 Å². The molecule has 2 rings (SSSR count). The summed E-state index contributed by atoms with van der Waals surface area (Å²) >= 11 is 0. The lowest BCUT2D eigenvalue weighted by Gasteiger charge is -2.22. The molecule has 0 saturated heterocycles. The number of guanidine groups is 1. The standard InChI is InChI=1S/C19H26N4O3S/c1-20-19(23(3)14-15-8-10-17(26-4)11-9-15)22-13-16-6-5-7-18(12-16)27(24,25)21-2/h5-12,21H,13-14H2,1-4H3,(H,20,22). The van der Waals surface area contributed by atoms with Crippen LogP contribution in [-0.4, -0.2) is 47.5 Å². The Hall–Kier alpha value is -2.58. The van der Waals surface area contributed by atoms with Crippen LogP contribution in [0.2, 0.25) is 0 Å². The van der Waals surface area contributed by atoms with Crippen molar-refractivity contribution in [2.45, 2.75) is 18.0 Å². The van der Waals surface area contributed by atoms with Gasteiger partial charge in [-0.15, -0.1) is 0 Å². The molecule has 0 aliphatic heterocycles. The Morgan fingerprint density at radius 3 is 2.44 bits per heavy atom. The molecule has 0 atom stereocenters. The summed E-state index contributed by atoms with van der Waals surface area (Å²) in [7, 11) is 3.25. The number of aliphatic imine (C=N–C) groups is 1. The molecule has 8 heteroatoms. The third kappa shape index (κ3) is 5.70. The lowest BCUT2D eigenvalue weighted by molar-refractivity contribution is 0.414. The molecule has 0 bridgehead atoms. The van der Waals surface area contributed by atoms with Crippen LogP contribution < -0.4 is 14.8 Å². The van der Waals surface area contributed by atoms with Gasteiger partial charge in [-0.3, -0.25) is 4.99 Å². The highest BCUT2D eigenvalue weighted by atomic mass is 32.2. The Bertz CT molecular complexity index is 880. The first-order chi connectivity index (χ1) is 12.9. The summed E-state index contributed by atoms with van der Waals surface area (Å²) in [6.07, 6.45) is 0. The number of hydrogen-bond acceptors (Lipinski definition) is 4. The molecule has 0 radical (unpaired) electrons. The van der Waals surface area contributed by atoms with Gasteiger partial charge in [0.25, 0.3) is 0 Å². The number of rotatable bonds is 7. The molecule has 0 aliphatic rings. The summed E-state index contributed by atoms with van der Waals surface area (Å²) in [5.41, 5.74) is 1.98. The van der Waals surface area contributed by atoms with Gasteiger partial charge in [-0.25, -0.2) is 13.1 Å². The maximum atomic E-state index is 11.9. The van der Waals surface area contributed by atoms with Gasteiger partial charge < -0.3 is 15.0 Å². The molecule has 0 amide bonds. The fourth-order valence-electron chi connectivity index (χ4n) is 2.59. The topological polar surface area (TPSA) is 83.0 Å². The number of nitrogens with one attached hydrogen (secondary N) is 2. The van der Waals surface area contributed by atoms with Gasteiger partial charge in [0.15, 0.2) is 5.96 Å². The number of methoxy groups -OCH3 is 1. The first kappa shape index (κ1) is 20.7. The average Bonchev–Trinajstić information content (AvgIpc) is 2.69. The zero-order chi connectivity index (χ0) is 19.9. The van der Waals surface area contributed by atoms with Crippen molar-refractivity contribution in [3.05, 3.63) is 59.7 Å². The molecular formula is C19H26N4O3S. The van der Waals surface area contributed by atoms with E-state index in [0.717, 1.165) is 16.9 Å². The number of nitrogens with zero attached hydrogens (tertiary/aromatic N) is 2. The second-order valence-electron chi connectivity index (χ2n) is 5.96. The van der Waals surface area contributed by atoms with Crippen LogP contribution in [0, 0.1) is 0 Å². The van der Waals surface area contributed by atoms with Crippen LogP contribution >= 0.6 is 0 Å². The zero-order valence-electron chi connectivity index (χ0n) is 16.1. The summed E-state index contributed by atoms with van der Waals surface area (Å²) in [6.45, 7) is 1.14. The second kappa shape index (κ2) is 9.38. The minimum atomic E-state index is -3.46. The van der Waals surface area contributed by atoms with E-state index in [1.165, 1.54) is 7.05 Å². The number of sulfonamides is 1. The van der Waals surface area contributed by atoms with Gasteiger partial charge in [0.2, 0.25) is 10.0 Å². The van der Waals surface area contributed by atoms with Crippen molar-refractivity contribution < 1.29 is 13.2 Å². The van der Waals surface area contributed by atoms with Gasteiger partial charge in [-0.05, 0) is 42.4 Å². The van der Waals surface area contributed by atoms with Crippen molar-refractivity contribution in [2.75, 3.05) is 28.3 Å². The van der Waals surface area contributed by atoms with Crippen LogP contribution in [-0.2, 0) is 23.1 Å². The third-order valence-corrected chi connectivity index (χ3v) is 5.49. The summed E-state index contributed by atoms with van der Waals surface area (Å²) in [5.74, 6) is 1.54. The van der Waals surface area contributed by atoms with Crippen molar-refractivity contribution in [1.29, 1.82) is 0 Å². The number of hydrogen-bond donors (Lipinski definition) is 2. The molecule has 7 nitrogen and oxygen atoms in total. The Kier molecular flexibility index (Phi) is 7.20. The molecule has 146 valence electrons. The summed E-state index contributed by atoms with van der Waals surface area (Å²) in [5, 5.41) is 3.26. The van der Waals surface area contributed by atoms with Gasteiger partial charge in [0, 0.05) is 27.2 Å². The SMILES string of the molecule is CN=C(NCc1cccc(S(=O)(=O)NC)c1)N(C)Cc1ccc(OC)cc1. The summed E-state index contributed by atoms with van der Waals surface area (Å²) < 4.78 is 31.4. The van der Waals surface area contributed by atoms with Gasteiger partial charge in [-0.1, -0.05) is 24.3 Å². The van der Waals surface area contributed by atoms with Gasteiger partial charge in [0.1, 0.15) is 5.75 Å². The van der Waals surface area contributed by atoms with E-state index < -0.39 is 10.0 Å². The Morgan fingerprint density at radius 1 is 1.15 bits per heavy atom. The minimum absolute atomic E-state index is 0.242. The first-order valence-electron chi connectivity index (χ1n) is 8.47.